The minimum absolute atomic E-state index is 0.0901. The van der Waals surface area contributed by atoms with Crippen LogP contribution in [0.25, 0.3) is 86.9 Å². The molecule has 11 rings (SSSR count). The maximum atomic E-state index is 2.59. The molecule has 9 aromatic carbocycles. The molecule has 2 aliphatic carbocycles. The highest BCUT2D eigenvalue weighted by Gasteiger charge is 2.43. The Bertz CT molecular complexity index is 2720. The third-order valence-corrected chi connectivity index (χ3v) is 11.7. The van der Waals surface area contributed by atoms with Crippen molar-refractivity contribution in [3.63, 3.8) is 0 Å². The van der Waals surface area contributed by atoms with E-state index in [1.54, 1.807) is 0 Å². The zero-order chi connectivity index (χ0) is 29.3. The predicted octanol–water partition coefficient (Wildman–Crippen LogP) is 12.1. The van der Waals surface area contributed by atoms with Crippen molar-refractivity contribution in [2.45, 2.75) is 38.5 Å². The summed E-state index contributed by atoms with van der Waals surface area (Å²) in [5.74, 6) is 0. The van der Waals surface area contributed by atoms with E-state index in [4.69, 9.17) is 0 Å². The smallest absolute Gasteiger partial charge is 0.0165 e. The van der Waals surface area contributed by atoms with Gasteiger partial charge in [-0.2, -0.15) is 0 Å². The Labute approximate surface area is 256 Å². The van der Waals surface area contributed by atoms with Gasteiger partial charge in [-0.3, -0.25) is 0 Å². The molecule has 0 unspecified atom stereocenters. The summed E-state index contributed by atoms with van der Waals surface area (Å²) in [5, 5.41) is 16.4. The SMILES string of the molecule is CC1(C)c2cc3c(cc2-c2c1cc1ccc4cccc5ccc2c1c45)C(C)(C)c1c-3cc2ccc3cccc4ccc1c2c34. The lowest BCUT2D eigenvalue weighted by atomic mass is 9.77. The van der Waals surface area contributed by atoms with Crippen LogP contribution in [0, 0.1) is 0 Å². The van der Waals surface area contributed by atoms with Crippen LogP contribution in [0.5, 0.6) is 0 Å². The maximum Gasteiger partial charge on any atom is 0.0165 e. The van der Waals surface area contributed by atoms with Crippen molar-refractivity contribution in [1.29, 1.82) is 0 Å². The Morgan fingerprint density at radius 1 is 0.364 bits per heavy atom. The number of hydrogen-bond donors (Lipinski definition) is 0. The summed E-state index contributed by atoms with van der Waals surface area (Å²) in [6.07, 6.45) is 0. The van der Waals surface area contributed by atoms with Crippen LogP contribution in [-0.2, 0) is 10.8 Å². The average molecular weight is 559 g/mol. The van der Waals surface area contributed by atoms with Crippen LogP contribution in [0.3, 0.4) is 0 Å². The molecule has 0 saturated heterocycles. The highest BCUT2D eigenvalue weighted by atomic mass is 14.5. The van der Waals surface area contributed by atoms with Crippen molar-refractivity contribution >= 4 is 64.6 Å². The molecule has 206 valence electrons. The molecule has 0 amide bonds. The van der Waals surface area contributed by atoms with Gasteiger partial charge in [0.05, 0.1) is 0 Å². The molecule has 0 heteroatoms. The highest BCUT2D eigenvalue weighted by molar-refractivity contribution is 6.27. The van der Waals surface area contributed by atoms with Gasteiger partial charge in [-0.25, -0.2) is 0 Å². The molecule has 0 aliphatic heterocycles. The van der Waals surface area contributed by atoms with Crippen LogP contribution in [0.2, 0.25) is 0 Å². The largest absolute Gasteiger partial charge is 0.0610 e. The van der Waals surface area contributed by atoms with E-state index in [-0.39, 0.29) is 10.8 Å². The van der Waals surface area contributed by atoms with Crippen molar-refractivity contribution in [3.8, 4) is 22.3 Å². The average Bonchev–Trinajstić information content (AvgIpc) is 3.40. The van der Waals surface area contributed by atoms with Gasteiger partial charge in [-0.05, 0) is 133 Å². The van der Waals surface area contributed by atoms with Crippen LogP contribution in [0.1, 0.15) is 49.9 Å². The molecule has 9 aromatic rings. The Kier molecular flexibility index (Phi) is 3.86. The lowest BCUT2D eigenvalue weighted by Crippen LogP contribution is -2.17. The summed E-state index contributed by atoms with van der Waals surface area (Å²) in [5.41, 5.74) is 11.3. The molecule has 0 spiro atoms. The van der Waals surface area contributed by atoms with E-state index >= 15 is 0 Å². The zero-order valence-corrected chi connectivity index (χ0v) is 25.4. The first-order chi connectivity index (χ1) is 21.3. The third-order valence-electron chi connectivity index (χ3n) is 11.7. The van der Waals surface area contributed by atoms with Gasteiger partial charge in [0.2, 0.25) is 0 Å². The van der Waals surface area contributed by atoms with Crippen LogP contribution in [0.4, 0.5) is 0 Å². The quantitative estimate of drug-likeness (QED) is 0.162. The van der Waals surface area contributed by atoms with E-state index in [1.807, 2.05) is 0 Å². The zero-order valence-electron chi connectivity index (χ0n) is 25.4. The second-order valence-corrected chi connectivity index (χ2v) is 14.5. The molecule has 0 aromatic heterocycles. The standard InChI is InChI=1S/C44H30/c1-43(2)35-21-31-32-19-27-13-11-24-8-6-10-26-16-18-30(40(27)38(24)26)42(32)44(3,4)34(31)22-33(35)41-29-17-15-25-9-5-7-23-12-14-28(20-36(41)43)39(29)37(23)25/h5-22H,1-4H3. The van der Waals surface area contributed by atoms with E-state index in [9.17, 15) is 0 Å². The van der Waals surface area contributed by atoms with Crippen molar-refractivity contribution in [2.75, 3.05) is 0 Å². The van der Waals surface area contributed by atoms with Crippen molar-refractivity contribution in [2.24, 2.45) is 0 Å². The predicted molar refractivity (Wildman–Crippen MR) is 189 cm³/mol. The Morgan fingerprint density at radius 3 is 1.52 bits per heavy atom. The summed E-state index contributed by atoms with van der Waals surface area (Å²) in [6, 6.07) is 42.3. The fourth-order valence-electron chi connectivity index (χ4n) is 9.63. The fraction of sp³-hybridized carbons (Fsp3) is 0.136. The first-order valence-corrected chi connectivity index (χ1v) is 15.9. The van der Waals surface area contributed by atoms with Crippen molar-refractivity contribution in [3.05, 3.63) is 131 Å². The molecule has 2 aliphatic rings. The Hall–Kier alpha value is -4.94. The molecule has 0 bridgehead atoms. The van der Waals surface area contributed by atoms with Crippen LogP contribution >= 0.6 is 0 Å². The number of fused-ring (bicyclic) bond motifs is 8. The molecular weight excluding hydrogens is 528 g/mol. The maximum absolute atomic E-state index is 2.59. The van der Waals surface area contributed by atoms with Crippen LogP contribution in [-0.4, -0.2) is 0 Å². The molecule has 0 N–H and O–H groups in total. The lowest BCUT2D eigenvalue weighted by molar-refractivity contribution is 0.655. The lowest BCUT2D eigenvalue weighted by Gasteiger charge is -2.25. The normalized spacial score (nSPS) is 16.1. The summed E-state index contributed by atoms with van der Waals surface area (Å²) in [7, 11) is 0. The molecule has 0 saturated carbocycles. The van der Waals surface area contributed by atoms with E-state index in [0.717, 1.165) is 0 Å². The van der Waals surface area contributed by atoms with Gasteiger partial charge < -0.3 is 0 Å². The highest BCUT2D eigenvalue weighted by Crippen LogP contribution is 2.59. The van der Waals surface area contributed by atoms with Crippen molar-refractivity contribution < 1.29 is 0 Å². The minimum atomic E-state index is -0.112. The van der Waals surface area contributed by atoms with E-state index < -0.39 is 0 Å². The van der Waals surface area contributed by atoms with Crippen molar-refractivity contribution in [1.82, 2.24) is 0 Å². The van der Waals surface area contributed by atoms with Gasteiger partial charge >= 0.3 is 0 Å². The van der Waals surface area contributed by atoms with Gasteiger partial charge in [0, 0.05) is 10.8 Å². The monoisotopic (exact) mass is 558 g/mol. The van der Waals surface area contributed by atoms with Gasteiger partial charge in [-0.1, -0.05) is 113 Å². The van der Waals surface area contributed by atoms with Crippen LogP contribution in [0.15, 0.2) is 109 Å². The van der Waals surface area contributed by atoms with Gasteiger partial charge in [0.25, 0.3) is 0 Å². The van der Waals surface area contributed by atoms with Crippen LogP contribution < -0.4 is 0 Å². The molecule has 0 radical (unpaired) electrons. The Morgan fingerprint density at radius 2 is 0.864 bits per heavy atom. The summed E-state index contributed by atoms with van der Waals surface area (Å²) < 4.78 is 0. The molecule has 44 heavy (non-hydrogen) atoms. The number of rotatable bonds is 0. The molecule has 0 atom stereocenters. The minimum Gasteiger partial charge on any atom is -0.0610 e. The Balaban J connectivity index is 1.25. The fourth-order valence-corrected chi connectivity index (χ4v) is 9.63. The van der Waals surface area contributed by atoms with E-state index in [1.165, 1.54) is 109 Å². The van der Waals surface area contributed by atoms with E-state index in [0.29, 0.717) is 0 Å². The summed E-state index contributed by atoms with van der Waals surface area (Å²) in [4.78, 5) is 0. The number of benzene rings is 9. The van der Waals surface area contributed by atoms with E-state index in [2.05, 4.69) is 137 Å². The first kappa shape index (κ1) is 23.5. The molecular formula is C44H30. The first-order valence-electron chi connectivity index (χ1n) is 15.9. The molecule has 0 heterocycles. The topological polar surface area (TPSA) is 0 Å². The summed E-state index contributed by atoms with van der Waals surface area (Å²) in [6.45, 7) is 9.77. The van der Waals surface area contributed by atoms with Gasteiger partial charge in [-0.15, -0.1) is 0 Å². The molecule has 0 fully saturated rings. The second-order valence-electron chi connectivity index (χ2n) is 14.5. The van der Waals surface area contributed by atoms with Gasteiger partial charge in [0.1, 0.15) is 0 Å². The number of hydrogen-bond acceptors (Lipinski definition) is 0. The summed E-state index contributed by atoms with van der Waals surface area (Å²) >= 11 is 0. The third kappa shape index (κ3) is 2.49. The van der Waals surface area contributed by atoms with Gasteiger partial charge in [0.15, 0.2) is 0 Å². The second kappa shape index (κ2) is 7.22. The molecule has 0 nitrogen and oxygen atoms in total.